The van der Waals surface area contributed by atoms with Gasteiger partial charge in [0.25, 0.3) is 0 Å². The quantitative estimate of drug-likeness (QED) is 0.508. The molecule has 1 aliphatic rings. The molecule has 1 heterocycles. The van der Waals surface area contributed by atoms with Crippen molar-refractivity contribution in [2.24, 2.45) is 11.5 Å². The van der Waals surface area contributed by atoms with Crippen LogP contribution in [0.25, 0.3) is 0 Å². The summed E-state index contributed by atoms with van der Waals surface area (Å²) in [5.41, 5.74) is 10.2. The number of hydrogen-bond donors (Lipinski definition) is 2. The Labute approximate surface area is 64.6 Å². The first-order chi connectivity index (χ1) is 5.20. The van der Waals surface area contributed by atoms with Crippen molar-refractivity contribution >= 4 is 5.91 Å². The molecule has 1 rings (SSSR count). The lowest BCUT2D eigenvalue weighted by atomic mass is 10.3. The summed E-state index contributed by atoms with van der Waals surface area (Å²) in [5, 5.41) is 0. The number of primary amides is 1. The Hall–Kier alpha value is -0.650. The molecular weight excluding hydrogens is 148 g/mol. The molecule has 0 spiro atoms. The zero-order valence-corrected chi connectivity index (χ0v) is 6.16. The molecule has 4 N–H and O–H groups in total. The lowest BCUT2D eigenvalue weighted by molar-refractivity contribution is -0.138. The van der Waals surface area contributed by atoms with Crippen molar-refractivity contribution in [2.45, 2.75) is 12.1 Å². The third kappa shape index (κ3) is 2.45. The van der Waals surface area contributed by atoms with Gasteiger partial charge in [0.2, 0.25) is 5.91 Å². The summed E-state index contributed by atoms with van der Waals surface area (Å²) in [6.07, 6.45) is 0.0976. The summed E-state index contributed by atoms with van der Waals surface area (Å²) in [4.78, 5) is 10.4. The first kappa shape index (κ1) is 8.45. The number of ether oxygens (including phenoxy) is 2. The number of hydrogen-bond acceptors (Lipinski definition) is 4. The maximum atomic E-state index is 10.4. The molecule has 0 radical (unpaired) electrons. The Morgan fingerprint density at radius 3 is 2.73 bits per heavy atom. The fourth-order valence-corrected chi connectivity index (χ4v) is 0.632. The number of amides is 1. The van der Waals surface area contributed by atoms with Gasteiger partial charge >= 0.3 is 0 Å². The van der Waals surface area contributed by atoms with Gasteiger partial charge in [-0.05, 0) is 0 Å². The van der Waals surface area contributed by atoms with E-state index in [-0.39, 0.29) is 12.7 Å². The molecule has 1 fully saturated rings. The van der Waals surface area contributed by atoms with Crippen molar-refractivity contribution in [3.05, 3.63) is 0 Å². The van der Waals surface area contributed by atoms with Crippen LogP contribution in [0.2, 0.25) is 0 Å². The molecule has 0 aromatic rings. The third-order valence-electron chi connectivity index (χ3n) is 1.48. The van der Waals surface area contributed by atoms with Crippen LogP contribution in [0.15, 0.2) is 0 Å². The lowest BCUT2D eigenvalue weighted by Gasteiger charge is -2.26. The van der Waals surface area contributed by atoms with Crippen molar-refractivity contribution in [1.29, 1.82) is 0 Å². The Balaban J connectivity index is 2.05. The van der Waals surface area contributed by atoms with E-state index in [1.54, 1.807) is 0 Å². The van der Waals surface area contributed by atoms with Crippen LogP contribution in [-0.4, -0.2) is 37.9 Å². The highest BCUT2D eigenvalue weighted by Crippen LogP contribution is 2.04. The molecule has 0 aromatic heterocycles. The van der Waals surface area contributed by atoms with Gasteiger partial charge in [-0.2, -0.15) is 0 Å². The van der Waals surface area contributed by atoms with E-state index in [2.05, 4.69) is 0 Å². The summed E-state index contributed by atoms with van der Waals surface area (Å²) in [7, 11) is 0. The second kappa shape index (κ2) is 3.66. The van der Waals surface area contributed by atoms with Crippen LogP contribution in [-0.2, 0) is 14.3 Å². The monoisotopic (exact) mass is 160 g/mol. The fraction of sp³-hybridized carbons (Fsp3) is 0.833. The predicted molar refractivity (Wildman–Crippen MR) is 37.7 cm³/mol. The first-order valence-corrected chi connectivity index (χ1v) is 3.44. The molecule has 11 heavy (non-hydrogen) atoms. The minimum atomic E-state index is -0.699. The van der Waals surface area contributed by atoms with Crippen LogP contribution in [0, 0.1) is 0 Å². The Morgan fingerprint density at radius 2 is 2.36 bits per heavy atom. The number of nitrogens with two attached hydrogens (primary N) is 2. The van der Waals surface area contributed by atoms with E-state index in [1.807, 2.05) is 0 Å². The number of carbonyl (C=O) groups excluding carboxylic acids is 1. The van der Waals surface area contributed by atoms with Crippen molar-refractivity contribution in [3.63, 3.8) is 0 Å². The fourth-order valence-electron chi connectivity index (χ4n) is 0.632. The van der Waals surface area contributed by atoms with Gasteiger partial charge in [-0.15, -0.1) is 0 Å². The maximum Gasteiger partial charge on any atom is 0.236 e. The summed E-state index contributed by atoms with van der Waals surface area (Å²) in [6, 6.07) is -0.699. The Kier molecular flexibility index (Phi) is 2.81. The van der Waals surface area contributed by atoms with Crippen molar-refractivity contribution in [3.8, 4) is 0 Å². The van der Waals surface area contributed by atoms with Gasteiger partial charge in [-0.3, -0.25) is 4.79 Å². The van der Waals surface area contributed by atoms with Crippen molar-refractivity contribution < 1.29 is 14.3 Å². The third-order valence-corrected chi connectivity index (χ3v) is 1.48. The van der Waals surface area contributed by atoms with E-state index in [4.69, 9.17) is 20.9 Å². The average Bonchev–Trinajstić information content (AvgIpc) is 1.83. The SMILES string of the molecule is NC(=O)C(N)COC1COC1. The molecule has 1 aliphatic heterocycles. The zero-order valence-electron chi connectivity index (χ0n) is 6.16. The van der Waals surface area contributed by atoms with Gasteiger partial charge < -0.3 is 20.9 Å². The number of rotatable bonds is 4. The zero-order chi connectivity index (χ0) is 8.27. The van der Waals surface area contributed by atoms with Crippen LogP contribution in [0.4, 0.5) is 0 Å². The highest BCUT2D eigenvalue weighted by atomic mass is 16.6. The molecule has 1 atom stereocenters. The standard InChI is InChI=1S/C6H12N2O3/c7-5(6(8)9)3-11-4-1-10-2-4/h4-5H,1-3,7H2,(H2,8,9). The summed E-state index contributed by atoms with van der Waals surface area (Å²) in [6.45, 7) is 1.36. The molecule has 0 aliphatic carbocycles. The smallest absolute Gasteiger partial charge is 0.236 e. The van der Waals surface area contributed by atoms with Gasteiger partial charge in [-0.1, -0.05) is 0 Å². The van der Waals surface area contributed by atoms with Crippen molar-refractivity contribution in [1.82, 2.24) is 0 Å². The first-order valence-electron chi connectivity index (χ1n) is 3.44. The summed E-state index contributed by atoms with van der Waals surface area (Å²) >= 11 is 0. The molecule has 0 bridgehead atoms. The van der Waals surface area contributed by atoms with E-state index >= 15 is 0 Å². The van der Waals surface area contributed by atoms with Crippen LogP contribution in [0.3, 0.4) is 0 Å². The van der Waals surface area contributed by atoms with Gasteiger partial charge in [0.05, 0.1) is 19.8 Å². The van der Waals surface area contributed by atoms with Crippen LogP contribution >= 0.6 is 0 Å². The molecule has 0 aromatic carbocycles. The van der Waals surface area contributed by atoms with Crippen molar-refractivity contribution in [2.75, 3.05) is 19.8 Å². The molecule has 5 nitrogen and oxygen atoms in total. The Bertz CT molecular complexity index is 147. The molecule has 1 unspecified atom stereocenters. The average molecular weight is 160 g/mol. The summed E-state index contributed by atoms with van der Waals surface area (Å²) in [5.74, 6) is -0.537. The van der Waals surface area contributed by atoms with Crippen LogP contribution in [0.1, 0.15) is 0 Å². The Morgan fingerprint density at radius 1 is 1.73 bits per heavy atom. The minimum Gasteiger partial charge on any atom is -0.376 e. The van der Waals surface area contributed by atoms with E-state index in [1.165, 1.54) is 0 Å². The molecule has 1 amide bonds. The molecular formula is C6H12N2O3. The molecule has 5 heteroatoms. The molecule has 64 valence electrons. The minimum absolute atomic E-state index is 0.0976. The summed E-state index contributed by atoms with van der Waals surface area (Å²) < 4.78 is 10.00. The number of carbonyl (C=O) groups is 1. The molecule has 1 saturated heterocycles. The van der Waals surface area contributed by atoms with Crippen LogP contribution < -0.4 is 11.5 Å². The van der Waals surface area contributed by atoms with E-state index < -0.39 is 11.9 Å². The lowest BCUT2D eigenvalue weighted by Crippen LogP contribution is -2.44. The molecule has 0 saturated carbocycles. The van der Waals surface area contributed by atoms with E-state index in [0.717, 1.165) is 0 Å². The van der Waals surface area contributed by atoms with Gasteiger partial charge in [0.1, 0.15) is 12.1 Å². The predicted octanol–water partition coefficient (Wildman–Crippen LogP) is -1.79. The van der Waals surface area contributed by atoms with Gasteiger partial charge in [0.15, 0.2) is 0 Å². The van der Waals surface area contributed by atoms with Crippen LogP contribution in [0.5, 0.6) is 0 Å². The van der Waals surface area contributed by atoms with E-state index in [0.29, 0.717) is 13.2 Å². The largest absolute Gasteiger partial charge is 0.376 e. The maximum absolute atomic E-state index is 10.4. The second-order valence-electron chi connectivity index (χ2n) is 2.50. The van der Waals surface area contributed by atoms with Gasteiger partial charge in [-0.25, -0.2) is 0 Å². The highest BCUT2D eigenvalue weighted by Gasteiger charge is 2.20. The van der Waals surface area contributed by atoms with E-state index in [9.17, 15) is 4.79 Å². The topological polar surface area (TPSA) is 87.6 Å². The highest BCUT2D eigenvalue weighted by molar-refractivity contribution is 5.79. The second-order valence-corrected chi connectivity index (χ2v) is 2.50. The van der Waals surface area contributed by atoms with Gasteiger partial charge in [0, 0.05) is 0 Å². The normalized spacial score (nSPS) is 20.8.